The number of likely N-dealkylation sites (N-methyl/N-ethyl adjacent to an activating group) is 1. The molecule has 0 aliphatic heterocycles. The lowest BCUT2D eigenvalue weighted by Gasteiger charge is -2.16. The second kappa shape index (κ2) is 9.41. The van der Waals surface area contributed by atoms with E-state index in [9.17, 15) is 9.18 Å². The van der Waals surface area contributed by atoms with Crippen LogP contribution in [0.15, 0.2) is 24.3 Å². The molecule has 1 aromatic carbocycles. The monoisotopic (exact) mass is 283 g/mol. The van der Waals surface area contributed by atoms with Gasteiger partial charge in [0.25, 0.3) is 0 Å². The van der Waals surface area contributed by atoms with Crippen molar-refractivity contribution in [3.05, 3.63) is 30.1 Å². The highest BCUT2D eigenvalue weighted by atomic mass is 19.1. The van der Waals surface area contributed by atoms with Gasteiger partial charge >= 0.3 is 0 Å². The summed E-state index contributed by atoms with van der Waals surface area (Å²) in [5, 5.41) is 5.75. The lowest BCUT2D eigenvalue weighted by atomic mass is 10.3. The van der Waals surface area contributed by atoms with Crippen molar-refractivity contribution < 1.29 is 13.9 Å². The molecule has 0 unspecified atom stereocenters. The van der Waals surface area contributed by atoms with E-state index >= 15 is 0 Å². The molecule has 5 nitrogen and oxygen atoms in total. The molecule has 2 N–H and O–H groups in total. The Balaban J connectivity index is 2.12. The van der Waals surface area contributed by atoms with E-state index in [1.165, 1.54) is 24.3 Å². The van der Waals surface area contributed by atoms with Gasteiger partial charge in [0.05, 0.1) is 13.2 Å². The van der Waals surface area contributed by atoms with Gasteiger partial charge in [0, 0.05) is 32.4 Å². The number of carbonyl (C=O) groups excluding carboxylic acids is 1. The first kappa shape index (κ1) is 16.6. The highest BCUT2D eigenvalue weighted by Crippen LogP contribution is 2.07. The molecule has 1 rings (SSSR count). The SMILES string of the molecule is COCCN(C)CCNCC(=O)Nc1ccc(F)cc1. The number of hydrogen-bond acceptors (Lipinski definition) is 4. The standard InChI is InChI=1S/C14H22FN3O2/c1-18(9-10-20-2)8-7-16-11-14(19)17-13-5-3-12(15)4-6-13/h3-6,16H,7-11H2,1-2H3,(H,17,19). The Kier molecular flexibility index (Phi) is 7.79. The van der Waals surface area contributed by atoms with Crippen LogP contribution in [-0.2, 0) is 9.53 Å². The molecular weight excluding hydrogens is 261 g/mol. The molecule has 0 spiro atoms. The van der Waals surface area contributed by atoms with Gasteiger partial charge in [-0.2, -0.15) is 0 Å². The van der Waals surface area contributed by atoms with Crippen molar-refractivity contribution in [3.63, 3.8) is 0 Å². The summed E-state index contributed by atoms with van der Waals surface area (Å²) in [6.07, 6.45) is 0. The van der Waals surface area contributed by atoms with Crippen molar-refractivity contribution in [1.82, 2.24) is 10.2 Å². The number of methoxy groups -OCH3 is 1. The van der Waals surface area contributed by atoms with E-state index in [-0.39, 0.29) is 18.3 Å². The minimum Gasteiger partial charge on any atom is -0.383 e. The Labute approximate surface area is 119 Å². The first-order chi connectivity index (χ1) is 9.61. The van der Waals surface area contributed by atoms with Gasteiger partial charge in [-0.25, -0.2) is 4.39 Å². The van der Waals surface area contributed by atoms with Gasteiger partial charge in [0.1, 0.15) is 5.82 Å². The lowest BCUT2D eigenvalue weighted by molar-refractivity contribution is -0.115. The molecule has 6 heteroatoms. The summed E-state index contributed by atoms with van der Waals surface area (Å²) in [5.74, 6) is -0.462. The van der Waals surface area contributed by atoms with Crippen molar-refractivity contribution in [2.75, 3.05) is 52.3 Å². The number of carbonyl (C=O) groups is 1. The predicted octanol–water partition coefficient (Wildman–Crippen LogP) is 0.932. The van der Waals surface area contributed by atoms with Gasteiger partial charge in [0.15, 0.2) is 0 Å². The normalized spacial score (nSPS) is 10.8. The van der Waals surface area contributed by atoms with Gasteiger partial charge in [0.2, 0.25) is 5.91 Å². The smallest absolute Gasteiger partial charge is 0.238 e. The summed E-state index contributed by atoms with van der Waals surface area (Å²) in [4.78, 5) is 13.7. The molecule has 0 fully saturated rings. The molecule has 0 saturated heterocycles. The van der Waals surface area contributed by atoms with Crippen LogP contribution in [0.5, 0.6) is 0 Å². The fraction of sp³-hybridized carbons (Fsp3) is 0.500. The molecule has 1 aromatic rings. The predicted molar refractivity (Wildman–Crippen MR) is 77.3 cm³/mol. The topological polar surface area (TPSA) is 53.6 Å². The number of rotatable bonds is 9. The Morgan fingerprint density at radius 3 is 2.65 bits per heavy atom. The fourth-order valence-electron chi connectivity index (χ4n) is 1.57. The second-order valence-corrected chi connectivity index (χ2v) is 4.53. The van der Waals surface area contributed by atoms with Crippen LogP contribution in [0.25, 0.3) is 0 Å². The van der Waals surface area contributed by atoms with Crippen LogP contribution < -0.4 is 10.6 Å². The average Bonchev–Trinajstić information content (AvgIpc) is 2.44. The number of anilines is 1. The number of amides is 1. The zero-order chi connectivity index (χ0) is 14.8. The van der Waals surface area contributed by atoms with Crippen molar-refractivity contribution in [2.24, 2.45) is 0 Å². The second-order valence-electron chi connectivity index (χ2n) is 4.53. The Morgan fingerprint density at radius 2 is 2.00 bits per heavy atom. The van der Waals surface area contributed by atoms with Crippen LogP contribution in [0.4, 0.5) is 10.1 Å². The number of benzene rings is 1. The van der Waals surface area contributed by atoms with E-state index in [1.807, 2.05) is 7.05 Å². The van der Waals surface area contributed by atoms with Gasteiger partial charge in [-0.1, -0.05) is 0 Å². The van der Waals surface area contributed by atoms with Gasteiger partial charge in [-0.15, -0.1) is 0 Å². The van der Waals surface area contributed by atoms with Gasteiger partial charge in [-0.3, -0.25) is 4.79 Å². The minimum atomic E-state index is -0.319. The molecule has 0 atom stereocenters. The summed E-state index contributed by atoms with van der Waals surface area (Å²) in [5.41, 5.74) is 0.593. The molecule has 0 saturated carbocycles. The molecule has 112 valence electrons. The van der Waals surface area contributed by atoms with Crippen LogP contribution in [-0.4, -0.2) is 57.8 Å². The summed E-state index contributed by atoms with van der Waals surface area (Å²) < 4.78 is 17.7. The first-order valence-electron chi connectivity index (χ1n) is 6.55. The molecule has 0 aromatic heterocycles. The maximum Gasteiger partial charge on any atom is 0.238 e. The largest absolute Gasteiger partial charge is 0.383 e. The van der Waals surface area contributed by atoms with Crippen molar-refractivity contribution in [1.29, 1.82) is 0 Å². The summed E-state index contributed by atoms with van der Waals surface area (Å²) in [7, 11) is 3.67. The zero-order valence-corrected chi connectivity index (χ0v) is 12.0. The number of nitrogens with one attached hydrogen (secondary N) is 2. The lowest BCUT2D eigenvalue weighted by Crippen LogP contribution is -2.35. The first-order valence-corrected chi connectivity index (χ1v) is 6.55. The Bertz CT molecular complexity index is 398. The van der Waals surface area contributed by atoms with Crippen LogP contribution in [0.2, 0.25) is 0 Å². The summed E-state index contributed by atoms with van der Waals surface area (Å²) in [6, 6.07) is 5.69. The van der Waals surface area contributed by atoms with E-state index < -0.39 is 0 Å². The minimum absolute atomic E-state index is 0.142. The van der Waals surface area contributed by atoms with E-state index in [0.717, 1.165) is 19.6 Å². The highest BCUT2D eigenvalue weighted by Gasteiger charge is 2.02. The molecule has 1 amide bonds. The van der Waals surface area contributed by atoms with Gasteiger partial charge in [-0.05, 0) is 31.3 Å². The molecule has 0 radical (unpaired) electrons. The molecular formula is C14H22FN3O2. The van der Waals surface area contributed by atoms with Crippen LogP contribution in [0, 0.1) is 5.82 Å². The molecule has 20 heavy (non-hydrogen) atoms. The van der Waals surface area contributed by atoms with E-state index in [1.54, 1.807) is 7.11 Å². The molecule has 0 aliphatic rings. The Hall–Kier alpha value is -1.50. The van der Waals surface area contributed by atoms with E-state index in [4.69, 9.17) is 4.74 Å². The summed E-state index contributed by atoms with van der Waals surface area (Å²) in [6.45, 7) is 3.35. The summed E-state index contributed by atoms with van der Waals surface area (Å²) >= 11 is 0. The van der Waals surface area contributed by atoms with E-state index in [2.05, 4.69) is 15.5 Å². The number of hydrogen-bond donors (Lipinski definition) is 2. The van der Waals surface area contributed by atoms with Gasteiger partial charge < -0.3 is 20.3 Å². The molecule has 0 aliphatic carbocycles. The fourth-order valence-corrected chi connectivity index (χ4v) is 1.57. The quantitative estimate of drug-likeness (QED) is 0.662. The molecule has 0 heterocycles. The van der Waals surface area contributed by atoms with Crippen LogP contribution in [0.1, 0.15) is 0 Å². The number of nitrogens with zero attached hydrogens (tertiary/aromatic N) is 1. The highest BCUT2D eigenvalue weighted by molar-refractivity contribution is 5.92. The average molecular weight is 283 g/mol. The van der Waals surface area contributed by atoms with Crippen LogP contribution in [0.3, 0.4) is 0 Å². The number of halogens is 1. The molecule has 0 bridgehead atoms. The van der Waals surface area contributed by atoms with Crippen LogP contribution >= 0.6 is 0 Å². The number of ether oxygens (including phenoxy) is 1. The third-order valence-corrected chi connectivity index (χ3v) is 2.76. The third-order valence-electron chi connectivity index (χ3n) is 2.76. The third kappa shape index (κ3) is 7.18. The van der Waals surface area contributed by atoms with Crippen molar-refractivity contribution >= 4 is 11.6 Å². The Morgan fingerprint density at radius 1 is 1.30 bits per heavy atom. The van der Waals surface area contributed by atoms with Crippen molar-refractivity contribution in [3.8, 4) is 0 Å². The maximum atomic E-state index is 12.7. The van der Waals surface area contributed by atoms with E-state index in [0.29, 0.717) is 12.3 Å². The maximum absolute atomic E-state index is 12.7. The van der Waals surface area contributed by atoms with Crippen molar-refractivity contribution in [2.45, 2.75) is 0 Å². The zero-order valence-electron chi connectivity index (χ0n) is 12.0.